The summed E-state index contributed by atoms with van der Waals surface area (Å²) in [5.74, 6) is 0.325. The molecule has 1 saturated heterocycles. The van der Waals surface area contributed by atoms with E-state index >= 15 is 0 Å². The SMILES string of the molecule is CCC1(O)CN(CC(C)CO)C1. The molecule has 0 aromatic carbocycles. The van der Waals surface area contributed by atoms with Crippen LogP contribution in [-0.4, -0.2) is 47.0 Å². The third-order valence-electron chi connectivity index (χ3n) is 2.58. The first kappa shape index (κ1) is 9.96. The van der Waals surface area contributed by atoms with E-state index in [0.717, 1.165) is 26.1 Å². The van der Waals surface area contributed by atoms with Crippen molar-refractivity contribution >= 4 is 0 Å². The Kier molecular flexibility index (Phi) is 3.09. The average molecular weight is 173 g/mol. The highest BCUT2D eigenvalue weighted by Gasteiger charge is 2.39. The highest BCUT2D eigenvalue weighted by molar-refractivity contribution is 4.94. The Balaban J connectivity index is 2.17. The maximum absolute atomic E-state index is 9.67. The van der Waals surface area contributed by atoms with E-state index in [0.29, 0.717) is 5.92 Å². The number of β-amino-alcohol motifs (C(OH)–C–C–N with tert-alkyl or cyclic N) is 1. The van der Waals surface area contributed by atoms with Gasteiger partial charge in [-0.05, 0) is 12.3 Å². The van der Waals surface area contributed by atoms with Crippen molar-refractivity contribution in [3.8, 4) is 0 Å². The molecule has 1 unspecified atom stereocenters. The van der Waals surface area contributed by atoms with E-state index in [1.165, 1.54) is 0 Å². The van der Waals surface area contributed by atoms with Gasteiger partial charge in [0.1, 0.15) is 0 Å². The van der Waals surface area contributed by atoms with E-state index < -0.39 is 5.60 Å². The van der Waals surface area contributed by atoms with Crippen molar-refractivity contribution in [2.75, 3.05) is 26.2 Å². The molecule has 1 aliphatic rings. The molecule has 3 nitrogen and oxygen atoms in total. The summed E-state index contributed by atoms with van der Waals surface area (Å²) in [5.41, 5.74) is -0.435. The Bertz CT molecular complexity index is 141. The highest BCUT2D eigenvalue weighted by atomic mass is 16.3. The number of hydrogen-bond donors (Lipinski definition) is 2. The van der Waals surface area contributed by atoms with Crippen molar-refractivity contribution in [3.63, 3.8) is 0 Å². The quantitative estimate of drug-likeness (QED) is 0.632. The predicted octanol–water partition coefficient (Wildman–Crippen LogP) is 0.0715. The summed E-state index contributed by atoms with van der Waals surface area (Å²) in [4.78, 5) is 2.18. The molecule has 12 heavy (non-hydrogen) atoms. The monoisotopic (exact) mass is 173 g/mol. The van der Waals surface area contributed by atoms with E-state index in [1.807, 2.05) is 13.8 Å². The van der Waals surface area contributed by atoms with Gasteiger partial charge in [0, 0.05) is 26.2 Å². The lowest BCUT2D eigenvalue weighted by Gasteiger charge is -2.47. The normalized spacial score (nSPS) is 25.0. The molecular weight excluding hydrogens is 154 g/mol. The lowest BCUT2D eigenvalue weighted by Crippen LogP contribution is -2.62. The largest absolute Gasteiger partial charge is 0.396 e. The fourth-order valence-corrected chi connectivity index (χ4v) is 1.64. The number of likely N-dealkylation sites (tertiary alicyclic amines) is 1. The van der Waals surface area contributed by atoms with E-state index in [-0.39, 0.29) is 6.61 Å². The van der Waals surface area contributed by atoms with Crippen LogP contribution in [0.15, 0.2) is 0 Å². The van der Waals surface area contributed by atoms with Crippen LogP contribution in [0.2, 0.25) is 0 Å². The van der Waals surface area contributed by atoms with Crippen LogP contribution in [-0.2, 0) is 0 Å². The Morgan fingerprint density at radius 1 is 1.50 bits per heavy atom. The van der Waals surface area contributed by atoms with Gasteiger partial charge in [0.2, 0.25) is 0 Å². The van der Waals surface area contributed by atoms with Gasteiger partial charge in [-0.3, -0.25) is 4.90 Å². The number of aliphatic hydroxyl groups excluding tert-OH is 1. The predicted molar refractivity (Wildman–Crippen MR) is 47.9 cm³/mol. The Morgan fingerprint density at radius 2 is 2.08 bits per heavy atom. The molecule has 1 aliphatic heterocycles. The molecule has 0 radical (unpaired) electrons. The van der Waals surface area contributed by atoms with Crippen molar-refractivity contribution < 1.29 is 10.2 Å². The van der Waals surface area contributed by atoms with Crippen LogP contribution in [0.5, 0.6) is 0 Å². The van der Waals surface area contributed by atoms with Gasteiger partial charge in [-0.2, -0.15) is 0 Å². The molecule has 0 amide bonds. The second-order valence-corrected chi connectivity index (χ2v) is 4.04. The summed E-state index contributed by atoms with van der Waals surface area (Å²) in [5, 5.41) is 18.5. The van der Waals surface area contributed by atoms with Gasteiger partial charge in [0.15, 0.2) is 0 Å². The van der Waals surface area contributed by atoms with E-state index in [1.54, 1.807) is 0 Å². The molecule has 0 bridgehead atoms. The second kappa shape index (κ2) is 3.73. The maximum atomic E-state index is 9.67. The standard InChI is InChI=1S/C9H19NO2/c1-3-9(12)6-10(7-9)4-8(2)5-11/h8,11-12H,3-7H2,1-2H3. The minimum absolute atomic E-state index is 0.237. The molecule has 0 aromatic heterocycles. The van der Waals surface area contributed by atoms with Gasteiger partial charge in [-0.25, -0.2) is 0 Å². The van der Waals surface area contributed by atoms with Crippen molar-refractivity contribution in [2.24, 2.45) is 5.92 Å². The van der Waals surface area contributed by atoms with Crippen molar-refractivity contribution in [2.45, 2.75) is 25.9 Å². The molecule has 1 fully saturated rings. The van der Waals surface area contributed by atoms with Crippen LogP contribution in [0.1, 0.15) is 20.3 Å². The van der Waals surface area contributed by atoms with Gasteiger partial charge < -0.3 is 10.2 Å². The lowest BCUT2D eigenvalue weighted by atomic mass is 9.90. The zero-order valence-electron chi connectivity index (χ0n) is 7.95. The summed E-state index contributed by atoms with van der Waals surface area (Å²) >= 11 is 0. The third-order valence-corrected chi connectivity index (χ3v) is 2.58. The molecule has 72 valence electrons. The summed E-state index contributed by atoms with van der Waals surface area (Å²) in [7, 11) is 0. The Labute approximate surface area is 74.0 Å². The topological polar surface area (TPSA) is 43.7 Å². The number of hydrogen-bond acceptors (Lipinski definition) is 3. The highest BCUT2D eigenvalue weighted by Crippen LogP contribution is 2.24. The third kappa shape index (κ3) is 2.19. The maximum Gasteiger partial charge on any atom is 0.0897 e. The molecule has 3 heteroatoms. The van der Waals surface area contributed by atoms with Crippen LogP contribution in [0.4, 0.5) is 0 Å². The van der Waals surface area contributed by atoms with Gasteiger partial charge >= 0.3 is 0 Å². The van der Waals surface area contributed by atoms with Crippen molar-refractivity contribution in [1.82, 2.24) is 4.90 Å². The molecule has 0 saturated carbocycles. The molecule has 1 heterocycles. The Hall–Kier alpha value is -0.120. The fourth-order valence-electron chi connectivity index (χ4n) is 1.64. The summed E-state index contributed by atoms with van der Waals surface area (Å²) in [6.07, 6.45) is 0.830. The zero-order valence-corrected chi connectivity index (χ0v) is 7.95. The molecule has 2 N–H and O–H groups in total. The van der Waals surface area contributed by atoms with E-state index in [4.69, 9.17) is 5.11 Å². The first-order valence-corrected chi connectivity index (χ1v) is 4.65. The summed E-state index contributed by atoms with van der Waals surface area (Å²) < 4.78 is 0. The molecule has 0 aromatic rings. The smallest absolute Gasteiger partial charge is 0.0897 e. The molecule has 0 aliphatic carbocycles. The second-order valence-electron chi connectivity index (χ2n) is 4.04. The van der Waals surface area contributed by atoms with Gasteiger partial charge in [0.05, 0.1) is 5.60 Å². The Morgan fingerprint density at radius 3 is 2.50 bits per heavy atom. The lowest BCUT2D eigenvalue weighted by molar-refractivity contribution is -0.105. The molecule has 1 rings (SSSR count). The first-order chi connectivity index (χ1) is 5.59. The molecule has 0 spiro atoms. The van der Waals surface area contributed by atoms with Crippen molar-refractivity contribution in [3.05, 3.63) is 0 Å². The summed E-state index contributed by atoms with van der Waals surface area (Å²) in [6.45, 7) is 6.71. The van der Waals surface area contributed by atoms with Gasteiger partial charge in [-0.1, -0.05) is 13.8 Å². The fraction of sp³-hybridized carbons (Fsp3) is 1.00. The molecule has 1 atom stereocenters. The van der Waals surface area contributed by atoms with E-state index in [9.17, 15) is 5.11 Å². The van der Waals surface area contributed by atoms with Crippen LogP contribution in [0.25, 0.3) is 0 Å². The minimum Gasteiger partial charge on any atom is -0.396 e. The summed E-state index contributed by atoms with van der Waals surface area (Å²) in [6, 6.07) is 0. The van der Waals surface area contributed by atoms with Crippen LogP contribution in [0.3, 0.4) is 0 Å². The number of rotatable bonds is 4. The van der Waals surface area contributed by atoms with E-state index in [2.05, 4.69) is 4.90 Å². The zero-order chi connectivity index (χ0) is 9.19. The number of nitrogens with zero attached hydrogens (tertiary/aromatic N) is 1. The van der Waals surface area contributed by atoms with Crippen LogP contribution in [0, 0.1) is 5.92 Å². The van der Waals surface area contributed by atoms with Crippen LogP contribution >= 0.6 is 0 Å². The van der Waals surface area contributed by atoms with Crippen LogP contribution < -0.4 is 0 Å². The van der Waals surface area contributed by atoms with Gasteiger partial charge in [-0.15, -0.1) is 0 Å². The molecular formula is C9H19NO2. The average Bonchev–Trinajstić information content (AvgIpc) is 2.01. The number of aliphatic hydroxyl groups is 2. The minimum atomic E-state index is -0.435. The van der Waals surface area contributed by atoms with Gasteiger partial charge in [0.25, 0.3) is 0 Å². The first-order valence-electron chi connectivity index (χ1n) is 4.65. The van der Waals surface area contributed by atoms with Crippen molar-refractivity contribution in [1.29, 1.82) is 0 Å².